The van der Waals surface area contributed by atoms with Gasteiger partial charge in [-0.05, 0) is 55.5 Å². The Bertz CT molecular complexity index is 1100. The van der Waals surface area contributed by atoms with E-state index in [4.69, 9.17) is 4.74 Å². The number of halogens is 1. The molecule has 0 radical (unpaired) electrons. The molecule has 5 nitrogen and oxygen atoms in total. The zero-order chi connectivity index (χ0) is 21.8. The van der Waals surface area contributed by atoms with Crippen molar-refractivity contribution in [1.29, 1.82) is 0 Å². The smallest absolute Gasteiger partial charge is 0.255 e. The highest BCUT2D eigenvalue weighted by Crippen LogP contribution is 2.44. The van der Waals surface area contributed by atoms with E-state index in [1.165, 1.54) is 30.0 Å². The van der Waals surface area contributed by atoms with Gasteiger partial charge in [-0.15, -0.1) is 11.8 Å². The van der Waals surface area contributed by atoms with Crippen molar-refractivity contribution in [3.05, 3.63) is 89.7 Å². The van der Waals surface area contributed by atoms with Crippen molar-refractivity contribution in [1.82, 2.24) is 0 Å². The summed E-state index contributed by atoms with van der Waals surface area (Å²) in [7, 11) is 0. The first-order valence-corrected chi connectivity index (χ1v) is 10.9. The fourth-order valence-corrected chi connectivity index (χ4v) is 4.67. The highest BCUT2D eigenvalue weighted by atomic mass is 32.2. The molecule has 0 aromatic heterocycles. The molecule has 1 aliphatic rings. The van der Waals surface area contributed by atoms with Gasteiger partial charge in [-0.1, -0.05) is 24.3 Å². The van der Waals surface area contributed by atoms with Crippen molar-refractivity contribution < 1.29 is 18.7 Å². The van der Waals surface area contributed by atoms with Crippen LogP contribution in [-0.4, -0.2) is 24.2 Å². The summed E-state index contributed by atoms with van der Waals surface area (Å²) in [4.78, 5) is 27.1. The number of hydrogen-bond donors (Lipinski definition) is 1. The molecule has 31 heavy (non-hydrogen) atoms. The molecular formula is C24H21FN2O3S. The Morgan fingerprint density at radius 3 is 2.65 bits per heavy atom. The fraction of sp³-hybridized carbons (Fsp3) is 0.167. The van der Waals surface area contributed by atoms with Crippen molar-refractivity contribution >= 4 is 35.0 Å². The van der Waals surface area contributed by atoms with Gasteiger partial charge in [0.1, 0.15) is 16.9 Å². The molecule has 1 N–H and O–H groups in total. The van der Waals surface area contributed by atoms with Crippen LogP contribution in [0.4, 0.5) is 15.8 Å². The number of rotatable bonds is 6. The van der Waals surface area contributed by atoms with E-state index in [-0.39, 0.29) is 16.8 Å². The minimum absolute atomic E-state index is 0.00887. The molecule has 1 saturated heterocycles. The number of thioether (sulfide) groups is 1. The molecule has 4 rings (SSSR count). The lowest BCUT2D eigenvalue weighted by atomic mass is 10.1. The second-order valence-electron chi connectivity index (χ2n) is 6.91. The Hall–Kier alpha value is -3.32. The highest BCUT2D eigenvalue weighted by molar-refractivity contribution is 8.00. The number of nitrogens with zero attached hydrogens (tertiary/aromatic N) is 1. The lowest BCUT2D eigenvalue weighted by Gasteiger charge is -2.26. The van der Waals surface area contributed by atoms with Gasteiger partial charge in [-0.3, -0.25) is 14.5 Å². The van der Waals surface area contributed by atoms with E-state index in [2.05, 4.69) is 5.32 Å². The SMILES string of the molecule is CCOc1ccc(N2C(=O)CSC2c2ccccc2NC(=O)c2cccc(F)c2)cc1. The minimum atomic E-state index is -0.473. The third-order valence-corrected chi connectivity index (χ3v) is 6.05. The zero-order valence-electron chi connectivity index (χ0n) is 16.9. The Kier molecular flexibility index (Phi) is 6.23. The molecule has 1 fully saturated rings. The predicted molar refractivity (Wildman–Crippen MR) is 121 cm³/mol. The number of amides is 2. The molecule has 0 saturated carbocycles. The molecule has 0 bridgehead atoms. The van der Waals surface area contributed by atoms with Crippen LogP contribution in [0.3, 0.4) is 0 Å². The van der Waals surface area contributed by atoms with Crippen LogP contribution in [0.15, 0.2) is 72.8 Å². The second kappa shape index (κ2) is 9.22. The fourth-order valence-electron chi connectivity index (χ4n) is 3.45. The maximum atomic E-state index is 13.5. The Labute approximate surface area is 184 Å². The van der Waals surface area contributed by atoms with Crippen molar-refractivity contribution in [3.8, 4) is 5.75 Å². The van der Waals surface area contributed by atoms with E-state index in [1.54, 1.807) is 17.0 Å². The van der Waals surface area contributed by atoms with Crippen LogP contribution in [0.2, 0.25) is 0 Å². The molecular weight excluding hydrogens is 415 g/mol. The Morgan fingerprint density at radius 1 is 1.13 bits per heavy atom. The molecule has 2 amide bonds. The van der Waals surface area contributed by atoms with E-state index in [0.717, 1.165) is 17.0 Å². The summed E-state index contributed by atoms with van der Waals surface area (Å²) in [5.74, 6) is 0.188. The maximum absolute atomic E-state index is 13.5. The second-order valence-corrected chi connectivity index (χ2v) is 7.97. The number of anilines is 2. The van der Waals surface area contributed by atoms with Gasteiger partial charge in [0.05, 0.1) is 12.4 Å². The van der Waals surface area contributed by atoms with Gasteiger partial charge in [-0.25, -0.2) is 4.39 Å². The number of carbonyl (C=O) groups is 2. The zero-order valence-corrected chi connectivity index (χ0v) is 17.7. The Morgan fingerprint density at radius 2 is 1.90 bits per heavy atom. The third kappa shape index (κ3) is 4.56. The summed E-state index contributed by atoms with van der Waals surface area (Å²) in [5.41, 5.74) is 2.37. The predicted octanol–water partition coefficient (Wildman–Crippen LogP) is 5.26. The third-order valence-electron chi connectivity index (χ3n) is 4.86. The van der Waals surface area contributed by atoms with Crippen LogP contribution in [0, 0.1) is 5.82 Å². The molecule has 1 heterocycles. The normalized spacial score (nSPS) is 15.7. The average molecular weight is 437 g/mol. The van der Waals surface area contributed by atoms with E-state index in [9.17, 15) is 14.0 Å². The molecule has 1 unspecified atom stereocenters. The number of carbonyl (C=O) groups excluding carboxylic acids is 2. The summed E-state index contributed by atoms with van der Waals surface area (Å²) in [6, 6.07) is 20.3. The lowest BCUT2D eigenvalue weighted by Crippen LogP contribution is -2.28. The number of benzene rings is 3. The van der Waals surface area contributed by atoms with Gasteiger partial charge in [-0.2, -0.15) is 0 Å². The van der Waals surface area contributed by atoms with E-state index >= 15 is 0 Å². The molecule has 3 aromatic rings. The quantitative estimate of drug-likeness (QED) is 0.573. The van der Waals surface area contributed by atoms with Crippen molar-refractivity contribution in [2.24, 2.45) is 0 Å². The van der Waals surface area contributed by atoms with Crippen LogP contribution < -0.4 is 15.0 Å². The summed E-state index contributed by atoms with van der Waals surface area (Å²) in [6.07, 6.45) is 0. The van der Waals surface area contributed by atoms with Gasteiger partial charge in [0.15, 0.2) is 0 Å². The van der Waals surface area contributed by atoms with Gasteiger partial charge >= 0.3 is 0 Å². The lowest BCUT2D eigenvalue weighted by molar-refractivity contribution is -0.115. The first-order valence-electron chi connectivity index (χ1n) is 9.89. The largest absolute Gasteiger partial charge is 0.494 e. The molecule has 158 valence electrons. The first kappa shape index (κ1) is 20.9. The van der Waals surface area contributed by atoms with Crippen LogP contribution in [0.25, 0.3) is 0 Å². The van der Waals surface area contributed by atoms with Crippen LogP contribution >= 0.6 is 11.8 Å². The van der Waals surface area contributed by atoms with Crippen molar-refractivity contribution in [2.45, 2.75) is 12.3 Å². The van der Waals surface area contributed by atoms with E-state index < -0.39 is 11.7 Å². The topological polar surface area (TPSA) is 58.6 Å². The number of para-hydroxylation sites is 1. The standard InChI is InChI=1S/C24H21FN2O3S/c1-2-30-19-12-10-18(11-13-19)27-22(28)15-31-24(27)20-8-3-4-9-21(20)26-23(29)16-6-5-7-17(25)14-16/h3-14,24H,2,15H2,1H3,(H,26,29). The van der Waals surface area contributed by atoms with Crippen LogP contribution in [0.5, 0.6) is 5.75 Å². The molecule has 7 heteroatoms. The maximum Gasteiger partial charge on any atom is 0.255 e. The average Bonchev–Trinajstić information content (AvgIpc) is 3.16. The summed E-state index contributed by atoms with van der Waals surface area (Å²) in [5, 5.41) is 2.57. The number of ether oxygens (including phenoxy) is 1. The summed E-state index contributed by atoms with van der Waals surface area (Å²) < 4.78 is 19.0. The molecule has 3 aromatic carbocycles. The molecule has 0 spiro atoms. The summed E-state index contributed by atoms with van der Waals surface area (Å²) >= 11 is 1.49. The monoisotopic (exact) mass is 436 g/mol. The summed E-state index contributed by atoms with van der Waals surface area (Å²) in [6.45, 7) is 2.48. The van der Waals surface area contributed by atoms with Gasteiger partial charge < -0.3 is 10.1 Å². The highest BCUT2D eigenvalue weighted by Gasteiger charge is 2.35. The van der Waals surface area contributed by atoms with Crippen molar-refractivity contribution in [2.75, 3.05) is 22.6 Å². The van der Waals surface area contributed by atoms with Crippen LogP contribution in [-0.2, 0) is 4.79 Å². The minimum Gasteiger partial charge on any atom is -0.494 e. The molecule has 1 atom stereocenters. The van der Waals surface area contributed by atoms with E-state index in [0.29, 0.717) is 18.0 Å². The van der Waals surface area contributed by atoms with Gasteiger partial charge in [0, 0.05) is 22.5 Å². The van der Waals surface area contributed by atoms with Gasteiger partial charge in [0.2, 0.25) is 5.91 Å². The Balaban J connectivity index is 1.62. The number of nitrogens with one attached hydrogen (secondary N) is 1. The van der Waals surface area contributed by atoms with Gasteiger partial charge in [0.25, 0.3) is 5.91 Å². The van der Waals surface area contributed by atoms with Crippen LogP contribution in [0.1, 0.15) is 28.2 Å². The van der Waals surface area contributed by atoms with E-state index in [1.807, 2.05) is 49.4 Å². The molecule has 0 aliphatic carbocycles. The number of hydrogen-bond acceptors (Lipinski definition) is 4. The first-order chi connectivity index (χ1) is 15.1. The molecule has 1 aliphatic heterocycles. The van der Waals surface area contributed by atoms with Crippen molar-refractivity contribution in [3.63, 3.8) is 0 Å².